The van der Waals surface area contributed by atoms with Crippen molar-refractivity contribution in [3.05, 3.63) is 65.7 Å². The summed E-state index contributed by atoms with van der Waals surface area (Å²) < 4.78 is 5.63. The molecule has 0 saturated heterocycles. The molecule has 2 rings (SSSR count). The van der Waals surface area contributed by atoms with Gasteiger partial charge in [-0.3, -0.25) is 4.79 Å². The third-order valence-electron chi connectivity index (χ3n) is 3.86. The molecule has 4 nitrogen and oxygen atoms in total. The van der Waals surface area contributed by atoms with Gasteiger partial charge in [0, 0.05) is 18.7 Å². The molecule has 130 valence electrons. The van der Waals surface area contributed by atoms with Crippen LogP contribution in [0.5, 0.6) is 5.75 Å². The molecule has 0 unspecified atom stereocenters. The van der Waals surface area contributed by atoms with Crippen LogP contribution in [0.3, 0.4) is 0 Å². The highest BCUT2D eigenvalue weighted by molar-refractivity contribution is 5.94. The van der Waals surface area contributed by atoms with Gasteiger partial charge in [-0.2, -0.15) is 5.26 Å². The third-order valence-corrected chi connectivity index (χ3v) is 3.86. The maximum Gasteiger partial charge on any atom is 0.254 e. The van der Waals surface area contributed by atoms with Gasteiger partial charge >= 0.3 is 0 Å². The first-order valence-electron chi connectivity index (χ1n) is 8.67. The molecule has 0 aromatic heterocycles. The SMILES string of the molecule is CCCCOc1ccc(C(=O)N(CCC#N)Cc2ccccc2)cc1. The molecule has 0 saturated carbocycles. The minimum Gasteiger partial charge on any atom is -0.494 e. The second kappa shape index (κ2) is 10.1. The summed E-state index contributed by atoms with van der Waals surface area (Å²) in [5.41, 5.74) is 1.66. The number of carbonyl (C=O) groups excluding carboxylic acids is 1. The van der Waals surface area contributed by atoms with E-state index < -0.39 is 0 Å². The number of hydrogen-bond acceptors (Lipinski definition) is 3. The minimum absolute atomic E-state index is 0.0702. The fourth-order valence-corrected chi connectivity index (χ4v) is 2.45. The topological polar surface area (TPSA) is 53.3 Å². The van der Waals surface area contributed by atoms with E-state index in [-0.39, 0.29) is 5.91 Å². The number of rotatable bonds is 9. The zero-order valence-corrected chi connectivity index (χ0v) is 14.6. The van der Waals surface area contributed by atoms with Crippen molar-refractivity contribution >= 4 is 5.91 Å². The predicted molar refractivity (Wildman–Crippen MR) is 98.3 cm³/mol. The Balaban J connectivity index is 2.06. The summed E-state index contributed by atoms with van der Waals surface area (Å²) in [4.78, 5) is 14.5. The van der Waals surface area contributed by atoms with Gasteiger partial charge in [0.05, 0.1) is 19.1 Å². The van der Waals surface area contributed by atoms with E-state index in [0.717, 1.165) is 24.2 Å². The molecule has 0 aliphatic carbocycles. The van der Waals surface area contributed by atoms with Crippen LogP contribution in [-0.4, -0.2) is 24.0 Å². The molecule has 0 spiro atoms. The Morgan fingerprint density at radius 1 is 1.12 bits per heavy atom. The van der Waals surface area contributed by atoms with Gasteiger partial charge in [-0.1, -0.05) is 43.7 Å². The number of benzene rings is 2. The molecular weight excluding hydrogens is 312 g/mol. The summed E-state index contributed by atoms with van der Waals surface area (Å²) in [7, 11) is 0. The highest BCUT2D eigenvalue weighted by Crippen LogP contribution is 2.16. The summed E-state index contributed by atoms with van der Waals surface area (Å²) in [6.45, 7) is 3.72. The predicted octanol–water partition coefficient (Wildman–Crippen LogP) is 4.42. The Labute approximate surface area is 149 Å². The van der Waals surface area contributed by atoms with E-state index in [1.165, 1.54) is 0 Å². The van der Waals surface area contributed by atoms with Crippen molar-refractivity contribution in [3.8, 4) is 11.8 Å². The van der Waals surface area contributed by atoms with Crippen molar-refractivity contribution in [2.45, 2.75) is 32.7 Å². The lowest BCUT2D eigenvalue weighted by Crippen LogP contribution is -2.31. The van der Waals surface area contributed by atoms with Gasteiger partial charge < -0.3 is 9.64 Å². The number of ether oxygens (including phenoxy) is 1. The number of nitrogens with zero attached hydrogens (tertiary/aromatic N) is 2. The maximum absolute atomic E-state index is 12.8. The number of nitriles is 1. The second-order valence-corrected chi connectivity index (χ2v) is 5.85. The zero-order chi connectivity index (χ0) is 17.9. The Morgan fingerprint density at radius 3 is 2.48 bits per heavy atom. The molecule has 1 amide bonds. The third kappa shape index (κ3) is 5.96. The van der Waals surface area contributed by atoms with Crippen LogP contribution >= 0.6 is 0 Å². The first-order valence-corrected chi connectivity index (χ1v) is 8.67. The minimum atomic E-state index is -0.0702. The zero-order valence-electron chi connectivity index (χ0n) is 14.6. The molecule has 0 aliphatic heterocycles. The highest BCUT2D eigenvalue weighted by atomic mass is 16.5. The van der Waals surface area contributed by atoms with Crippen molar-refractivity contribution in [1.29, 1.82) is 5.26 Å². The standard InChI is InChI=1S/C21H24N2O2/c1-2-3-16-25-20-12-10-19(11-13-20)21(24)23(15-7-14-22)17-18-8-5-4-6-9-18/h4-6,8-13H,2-3,7,15-17H2,1H3. The average Bonchev–Trinajstić information content (AvgIpc) is 2.66. The quantitative estimate of drug-likeness (QED) is 0.637. The second-order valence-electron chi connectivity index (χ2n) is 5.85. The van der Waals surface area contributed by atoms with Crippen LogP contribution in [0.4, 0.5) is 0 Å². The maximum atomic E-state index is 12.8. The van der Waals surface area contributed by atoms with Gasteiger partial charge in [0.15, 0.2) is 0 Å². The van der Waals surface area contributed by atoms with Gasteiger partial charge in [0.1, 0.15) is 5.75 Å². The van der Waals surface area contributed by atoms with E-state index >= 15 is 0 Å². The molecule has 0 heterocycles. The van der Waals surface area contributed by atoms with E-state index in [2.05, 4.69) is 13.0 Å². The van der Waals surface area contributed by atoms with Crippen LogP contribution in [0.1, 0.15) is 42.1 Å². The molecule has 0 fully saturated rings. The molecule has 0 bridgehead atoms. The van der Waals surface area contributed by atoms with Crippen molar-refractivity contribution in [1.82, 2.24) is 4.90 Å². The van der Waals surface area contributed by atoms with E-state index in [0.29, 0.717) is 31.7 Å². The number of amides is 1. The van der Waals surface area contributed by atoms with Gasteiger partial charge in [0.2, 0.25) is 0 Å². The lowest BCUT2D eigenvalue weighted by atomic mass is 10.1. The molecule has 4 heteroatoms. The lowest BCUT2D eigenvalue weighted by molar-refractivity contribution is 0.0747. The molecule has 0 atom stereocenters. The monoisotopic (exact) mass is 336 g/mol. The summed E-state index contributed by atoms with van der Waals surface area (Å²) in [6, 6.07) is 19.2. The van der Waals surface area contributed by atoms with Crippen LogP contribution in [0, 0.1) is 11.3 Å². The fraction of sp³-hybridized carbons (Fsp3) is 0.333. The molecule has 25 heavy (non-hydrogen) atoms. The van der Waals surface area contributed by atoms with Crippen LogP contribution in [0.25, 0.3) is 0 Å². The van der Waals surface area contributed by atoms with Crippen LogP contribution < -0.4 is 4.74 Å². The van der Waals surface area contributed by atoms with Gasteiger partial charge in [0.25, 0.3) is 5.91 Å². The molecule has 2 aromatic carbocycles. The molecular formula is C21H24N2O2. The van der Waals surface area contributed by atoms with Crippen LogP contribution in [0.15, 0.2) is 54.6 Å². The van der Waals surface area contributed by atoms with E-state index in [9.17, 15) is 4.79 Å². The summed E-state index contributed by atoms with van der Waals surface area (Å²) in [5, 5.41) is 8.87. The molecule has 0 radical (unpaired) electrons. The normalized spacial score (nSPS) is 10.1. The first kappa shape index (κ1) is 18.5. The number of carbonyl (C=O) groups is 1. The largest absolute Gasteiger partial charge is 0.494 e. The number of hydrogen-bond donors (Lipinski definition) is 0. The van der Waals surface area contributed by atoms with E-state index in [1.54, 1.807) is 17.0 Å². The van der Waals surface area contributed by atoms with Gasteiger partial charge in [-0.25, -0.2) is 0 Å². The first-order chi connectivity index (χ1) is 12.2. The Morgan fingerprint density at radius 2 is 1.84 bits per heavy atom. The van der Waals surface area contributed by atoms with Crippen molar-refractivity contribution in [2.24, 2.45) is 0 Å². The Kier molecular flexibility index (Phi) is 7.52. The molecule has 0 N–H and O–H groups in total. The summed E-state index contributed by atoms with van der Waals surface area (Å²) in [6.07, 6.45) is 2.42. The van der Waals surface area contributed by atoms with Crippen molar-refractivity contribution in [2.75, 3.05) is 13.2 Å². The van der Waals surface area contributed by atoms with Crippen LogP contribution in [-0.2, 0) is 6.54 Å². The lowest BCUT2D eigenvalue weighted by Gasteiger charge is -2.22. The smallest absolute Gasteiger partial charge is 0.254 e. The van der Waals surface area contributed by atoms with Crippen molar-refractivity contribution in [3.63, 3.8) is 0 Å². The molecule has 0 aliphatic rings. The summed E-state index contributed by atoms with van der Waals surface area (Å²) in [5.74, 6) is 0.704. The Bertz CT molecular complexity index is 690. The van der Waals surface area contributed by atoms with Crippen molar-refractivity contribution < 1.29 is 9.53 Å². The van der Waals surface area contributed by atoms with Crippen LogP contribution in [0.2, 0.25) is 0 Å². The summed E-state index contributed by atoms with van der Waals surface area (Å²) >= 11 is 0. The fourth-order valence-electron chi connectivity index (χ4n) is 2.45. The van der Waals surface area contributed by atoms with E-state index in [4.69, 9.17) is 10.00 Å². The Hall–Kier alpha value is -2.80. The highest BCUT2D eigenvalue weighted by Gasteiger charge is 2.16. The van der Waals surface area contributed by atoms with E-state index in [1.807, 2.05) is 42.5 Å². The van der Waals surface area contributed by atoms with Gasteiger partial charge in [-0.05, 0) is 36.2 Å². The molecule has 2 aromatic rings. The number of unbranched alkanes of at least 4 members (excludes halogenated alkanes) is 1. The average molecular weight is 336 g/mol. The van der Waals surface area contributed by atoms with Gasteiger partial charge in [-0.15, -0.1) is 0 Å².